The number of unbranched alkanes of at least 4 members (excludes halogenated alkanes) is 2. The lowest BCUT2D eigenvalue weighted by Crippen LogP contribution is -2.32. The minimum atomic E-state index is -0.555. The van der Waals surface area contributed by atoms with E-state index in [1.165, 1.54) is 0 Å². The monoisotopic (exact) mass is 360 g/mol. The molecule has 0 saturated carbocycles. The molecule has 1 aromatic carbocycles. The van der Waals surface area contributed by atoms with Crippen LogP contribution in [0.2, 0.25) is 0 Å². The van der Waals surface area contributed by atoms with Crippen molar-refractivity contribution in [3.8, 4) is 0 Å². The maximum atomic E-state index is 11.9. The molecule has 1 atom stereocenters. The number of carbonyl (C=O) groups is 1. The normalized spacial score (nSPS) is 11.7. The number of esters is 1. The Morgan fingerprint density at radius 2 is 1.81 bits per heavy atom. The first-order valence-electron chi connectivity index (χ1n) is 9.28. The second-order valence-corrected chi connectivity index (χ2v) is 6.57. The fraction of sp³-hybridized carbons (Fsp3) is 0.600. The predicted molar refractivity (Wildman–Crippen MR) is 105 cm³/mol. The van der Waals surface area contributed by atoms with Gasteiger partial charge in [0.05, 0.1) is 12.6 Å². The third-order valence-electron chi connectivity index (χ3n) is 3.83. The van der Waals surface area contributed by atoms with Crippen LogP contribution in [0.4, 0.5) is 0 Å². The van der Waals surface area contributed by atoms with Crippen molar-refractivity contribution in [1.82, 2.24) is 4.90 Å². The molecule has 6 nitrogen and oxygen atoms in total. The third-order valence-corrected chi connectivity index (χ3v) is 3.83. The number of nitrogens with zero attached hydrogens (tertiary/aromatic N) is 3. The summed E-state index contributed by atoms with van der Waals surface area (Å²) in [7, 11) is 4.10. The SMILES string of the molecule is CN(C)CCCN=C=NCCCCCC(N)C(=O)OCc1ccccc1. The van der Waals surface area contributed by atoms with Crippen LogP contribution < -0.4 is 5.73 Å². The summed E-state index contributed by atoms with van der Waals surface area (Å²) >= 11 is 0. The van der Waals surface area contributed by atoms with Crippen molar-refractivity contribution in [3.05, 3.63) is 35.9 Å². The molecule has 0 saturated heterocycles. The van der Waals surface area contributed by atoms with E-state index < -0.39 is 6.04 Å². The molecule has 0 fully saturated rings. The van der Waals surface area contributed by atoms with Crippen LogP contribution in [-0.2, 0) is 16.1 Å². The molecule has 2 N–H and O–H groups in total. The van der Waals surface area contributed by atoms with Gasteiger partial charge in [0.15, 0.2) is 0 Å². The zero-order valence-electron chi connectivity index (χ0n) is 16.1. The maximum Gasteiger partial charge on any atom is 0.323 e. The first kappa shape index (κ1) is 22.0. The number of nitrogens with two attached hydrogens (primary N) is 1. The van der Waals surface area contributed by atoms with Gasteiger partial charge in [-0.05, 0) is 45.5 Å². The number of ether oxygens (including phenoxy) is 1. The van der Waals surface area contributed by atoms with Gasteiger partial charge in [0.25, 0.3) is 0 Å². The van der Waals surface area contributed by atoms with Gasteiger partial charge in [-0.15, -0.1) is 0 Å². The van der Waals surface area contributed by atoms with Crippen molar-refractivity contribution in [2.24, 2.45) is 15.7 Å². The second kappa shape index (κ2) is 14.2. The Morgan fingerprint density at radius 3 is 2.50 bits per heavy atom. The Balaban J connectivity index is 2.02. The Labute approximate surface area is 157 Å². The number of aliphatic imine (C=N–C) groups is 2. The molecule has 26 heavy (non-hydrogen) atoms. The second-order valence-electron chi connectivity index (χ2n) is 6.57. The average molecular weight is 361 g/mol. The van der Waals surface area contributed by atoms with E-state index in [1.807, 2.05) is 44.4 Å². The molecule has 1 aromatic rings. The van der Waals surface area contributed by atoms with Crippen molar-refractivity contribution in [2.75, 3.05) is 33.7 Å². The van der Waals surface area contributed by atoms with Gasteiger partial charge < -0.3 is 15.4 Å². The molecular formula is C20H32N4O2. The van der Waals surface area contributed by atoms with Gasteiger partial charge in [-0.25, -0.2) is 9.98 Å². The van der Waals surface area contributed by atoms with Gasteiger partial charge in [0, 0.05) is 6.54 Å². The van der Waals surface area contributed by atoms with E-state index >= 15 is 0 Å². The van der Waals surface area contributed by atoms with Crippen LogP contribution in [0.3, 0.4) is 0 Å². The molecule has 0 amide bonds. The lowest BCUT2D eigenvalue weighted by atomic mass is 10.1. The maximum absolute atomic E-state index is 11.9. The molecule has 0 aliphatic rings. The highest BCUT2D eigenvalue weighted by Gasteiger charge is 2.14. The molecule has 0 aliphatic carbocycles. The van der Waals surface area contributed by atoms with Crippen LogP contribution in [0.25, 0.3) is 0 Å². The summed E-state index contributed by atoms with van der Waals surface area (Å²) in [6, 6.07) is 11.8. The highest BCUT2D eigenvalue weighted by molar-refractivity contribution is 5.75. The van der Waals surface area contributed by atoms with Crippen molar-refractivity contribution < 1.29 is 9.53 Å². The number of rotatable bonds is 13. The Hall–Kier alpha value is -2.01. The largest absolute Gasteiger partial charge is 0.460 e. The van der Waals surface area contributed by atoms with Crippen molar-refractivity contribution in [2.45, 2.75) is 44.8 Å². The van der Waals surface area contributed by atoms with E-state index in [0.29, 0.717) is 13.0 Å². The molecule has 144 valence electrons. The standard InChI is InChI=1S/C20H32N4O2/c1-24(2)15-9-14-23-17-22-13-8-4-7-12-19(21)20(25)26-16-18-10-5-3-6-11-18/h3,5-6,10-11,19H,4,7-9,12-16,21H2,1-2H3. The van der Waals surface area contributed by atoms with E-state index in [9.17, 15) is 4.79 Å². The molecule has 0 spiro atoms. The molecular weight excluding hydrogens is 328 g/mol. The molecule has 0 bridgehead atoms. The topological polar surface area (TPSA) is 80.3 Å². The van der Waals surface area contributed by atoms with Crippen LogP contribution in [0.5, 0.6) is 0 Å². The summed E-state index contributed by atoms with van der Waals surface area (Å²) < 4.78 is 5.24. The van der Waals surface area contributed by atoms with Crippen molar-refractivity contribution in [1.29, 1.82) is 0 Å². The molecule has 1 unspecified atom stereocenters. The molecule has 0 radical (unpaired) electrons. The minimum Gasteiger partial charge on any atom is -0.460 e. The minimum absolute atomic E-state index is 0.274. The van der Waals surface area contributed by atoms with Gasteiger partial charge >= 0.3 is 5.97 Å². The van der Waals surface area contributed by atoms with Gasteiger partial charge in [-0.1, -0.05) is 43.2 Å². The van der Waals surface area contributed by atoms with E-state index in [2.05, 4.69) is 20.9 Å². The summed E-state index contributed by atoms with van der Waals surface area (Å²) in [4.78, 5) is 22.3. The Morgan fingerprint density at radius 1 is 1.12 bits per heavy atom. The molecule has 0 aliphatic heterocycles. The average Bonchev–Trinajstić information content (AvgIpc) is 2.64. The van der Waals surface area contributed by atoms with E-state index in [0.717, 1.165) is 44.3 Å². The van der Waals surface area contributed by atoms with Gasteiger partial charge in [0.1, 0.15) is 12.6 Å². The molecule has 6 heteroatoms. The van der Waals surface area contributed by atoms with Gasteiger partial charge in [-0.2, -0.15) is 0 Å². The quantitative estimate of drug-likeness (QED) is 0.333. The number of carbonyl (C=O) groups excluding carboxylic acids is 1. The first-order chi connectivity index (χ1) is 12.6. The summed E-state index contributed by atoms with van der Waals surface area (Å²) in [6.07, 6.45) is 4.47. The van der Waals surface area contributed by atoms with Crippen LogP contribution >= 0.6 is 0 Å². The van der Waals surface area contributed by atoms with Crippen LogP contribution in [0.15, 0.2) is 40.3 Å². The summed E-state index contributed by atoms with van der Waals surface area (Å²) in [5.41, 5.74) is 6.85. The zero-order chi connectivity index (χ0) is 19.0. The van der Waals surface area contributed by atoms with Crippen LogP contribution in [-0.4, -0.2) is 56.6 Å². The molecule has 1 rings (SSSR count). The fourth-order valence-corrected chi connectivity index (χ4v) is 2.30. The first-order valence-corrected chi connectivity index (χ1v) is 9.28. The number of hydrogen-bond acceptors (Lipinski definition) is 6. The fourth-order valence-electron chi connectivity index (χ4n) is 2.30. The Bertz CT molecular complexity index is 554. The van der Waals surface area contributed by atoms with Crippen LogP contribution in [0, 0.1) is 0 Å². The van der Waals surface area contributed by atoms with Gasteiger partial charge in [0.2, 0.25) is 0 Å². The van der Waals surface area contributed by atoms with Crippen molar-refractivity contribution in [3.63, 3.8) is 0 Å². The van der Waals surface area contributed by atoms with E-state index in [4.69, 9.17) is 10.5 Å². The predicted octanol–water partition coefficient (Wildman–Crippen LogP) is 2.74. The van der Waals surface area contributed by atoms with Gasteiger partial charge in [-0.3, -0.25) is 4.79 Å². The summed E-state index contributed by atoms with van der Waals surface area (Å²) in [5, 5.41) is 0. The lowest BCUT2D eigenvalue weighted by molar-refractivity contribution is -0.146. The third kappa shape index (κ3) is 11.5. The zero-order valence-corrected chi connectivity index (χ0v) is 16.1. The van der Waals surface area contributed by atoms with Crippen LogP contribution in [0.1, 0.15) is 37.7 Å². The Kier molecular flexibility index (Phi) is 12.0. The summed E-state index contributed by atoms with van der Waals surface area (Å²) in [5.74, 6) is -0.336. The molecule has 0 heterocycles. The van der Waals surface area contributed by atoms with E-state index in [-0.39, 0.29) is 12.6 Å². The lowest BCUT2D eigenvalue weighted by Gasteiger charge is -2.11. The van der Waals surface area contributed by atoms with E-state index in [1.54, 1.807) is 0 Å². The molecule has 0 aromatic heterocycles. The number of hydrogen-bond donors (Lipinski definition) is 1. The summed E-state index contributed by atoms with van der Waals surface area (Å²) in [6.45, 7) is 2.78. The highest BCUT2D eigenvalue weighted by Crippen LogP contribution is 2.06. The smallest absolute Gasteiger partial charge is 0.323 e. The van der Waals surface area contributed by atoms with Crippen molar-refractivity contribution >= 4 is 12.0 Å². The highest BCUT2D eigenvalue weighted by atomic mass is 16.5. The number of benzene rings is 1.